The molecule has 3 N–H and O–H groups in total. The number of anilines is 2. The molecule has 0 amide bonds. The molecule has 8 heteroatoms. The van der Waals surface area contributed by atoms with Crippen LogP contribution >= 0.6 is 0 Å². The molecule has 0 aliphatic heterocycles. The summed E-state index contributed by atoms with van der Waals surface area (Å²) >= 11 is 0. The van der Waals surface area contributed by atoms with Crippen molar-refractivity contribution in [1.29, 1.82) is 0 Å². The fourth-order valence-corrected chi connectivity index (χ4v) is 1.27. The first kappa shape index (κ1) is 11.1. The molecule has 0 aliphatic carbocycles. The molecule has 0 atom stereocenters. The summed E-state index contributed by atoms with van der Waals surface area (Å²) in [6, 6.07) is 1.66. The van der Waals surface area contributed by atoms with Crippen LogP contribution in [0.15, 0.2) is 12.4 Å². The second-order valence-electron chi connectivity index (χ2n) is 3.37. The molecule has 2 heterocycles. The van der Waals surface area contributed by atoms with Gasteiger partial charge >= 0.3 is 0 Å². The number of hydrogen-bond acceptors (Lipinski definition) is 7. The Morgan fingerprint density at radius 3 is 2.94 bits per heavy atom. The summed E-state index contributed by atoms with van der Waals surface area (Å²) in [5.74, 6) is 1.95. The van der Waals surface area contributed by atoms with Gasteiger partial charge in [-0.05, 0) is 0 Å². The van der Waals surface area contributed by atoms with Gasteiger partial charge in [-0.3, -0.25) is 0 Å². The van der Waals surface area contributed by atoms with Gasteiger partial charge in [-0.2, -0.15) is 9.97 Å². The van der Waals surface area contributed by atoms with Gasteiger partial charge in [0.05, 0.1) is 13.7 Å². The summed E-state index contributed by atoms with van der Waals surface area (Å²) in [6.45, 7) is 0.496. The predicted molar refractivity (Wildman–Crippen MR) is 61.3 cm³/mol. The number of methoxy groups -OCH3 is 1. The van der Waals surface area contributed by atoms with Gasteiger partial charge in [0.2, 0.25) is 11.8 Å². The Labute approximate surface area is 97.9 Å². The molecule has 0 saturated carbocycles. The molecule has 0 bridgehead atoms. The van der Waals surface area contributed by atoms with E-state index in [1.807, 2.05) is 11.6 Å². The predicted octanol–water partition coefficient (Wildman–Crippen LogP) is -0.192. The molecule has 8 nitrogen and oxygen atoms in total. The first-order chi connectivity index (χ1) is 8.19. The monoisotopic (exact) mass is 235 g/mol. The summed E-state index contributed by atoms with van der Waals surface area (Å²) in [4.78, 5) is 7.92. The first-order valence-corrected chi connectivity index (χ1v) is 4.94. The van der Waals surface area contributed by atoms with E-state index in [9.17, 15) is 0 Å². The average molecular weight is 235 g/mol. The van der Waals surface area contributed by atoms with Crippen molar-refractivity contribution in [3.63, 3.8) is 0 Å². The van der Waals surface area contributed by atoms with Crippen LogP contribution in [0.5, 0.6) is 5.88 Å². The maximum absolute atomic E-state index is 5.54. The molecule has 2 aromatic rings. The highest BCUT2D eigenvalue weighted by Gasteiger charge is 2.04. The minimum Gasteiger partial charge on any atom is -0.481 e. The van der Waals surface area contributed by atoms with Crippen molar-refractivity contribution in [2.24, 2.45) is 7.05 Å². The van der Waals surface area contributed by atoms with Crippen LogP contribution in [0, 0.1) is 0 Å². The standard InChI is InChI=1S/C9H13N7O/c1-16-5-12-15-7(16)4-11-6-3-8(17-2)14-9(10)13-6/h3,5H,4H2,1-2H3,(H3,10,11,13,14). The van der Waals surface area contributed by atoms with Crippen LogP contribution in [0.2, 0.25) is 0 Å². The lowest BCUT2D eigenvalue weighted by atomic mass is 10.5. The van der Waals surface area contributed by atoms with Gasteiger partial charge in [0.15, 0.2) is 5.82 Å². The Morgan fingerprint density at radius 2 is 2.29 bits per heavy atom. The first-order valence-electron chi connectivity index (χ1n) is 4.94. The van der Waals surface area contributed by atoms with Crippen molar-refractivity contribution in [3.05, 3.63) is 18.2 Å². The summed E-state index contributed by atoms with van der Waals surface area (Å²) in [7, 11) is 3.39. The van der Waals surface area contributed by atoms with E-state index in [1.54, 1.807) is 12.4 Å². The highest BCUT2D eigenvalue weighted by atomic mass is 16.5. The number of aryl methyl sites for hydroxylation is 1. The van der Waals surface area contributed by atoms with Crippen molar-refractivity contribution in [1.82, 2.24) is 24.7 Å². The number of nitrogen functional groups attached to an aromatic ring is 1. The number of ether oxygens (including phenoxy) is 1. The lowest BCUT2D eigenvalue weighted by Gasteiger charge is -2.07. The number of hydrogen-bond donors (Lipinski definition) is 2. The van der Waals surface area contributed by atoms with Crippen LogP contribution in [0.25, 0.3) is 0 Å². The molecule has 0 unspecified atom stereocenters. The van der Waals surface area contributed by atoms with Gasteiger partial charge in [0.25, 0.3) is 0 Å². The summed E-state index contributed by atoms with van der Waals surface area (Å²) in [6.07, 6.45) is 1.63. The number of nitrogens with zero attached hydrogens (tertiary/aromatic N) is 5. The average Bonchev–Trinajstić information content (AvgIpc) is 2.71. The molecular weight excluding hydrogens is 222 g/mol. The van der Waals surface area contributed by atoms with Crippen molar-refractivity contribution in [3.8, 4) is 5.88 Å². The minimum atomic E-state index is 0.157. The molecule has 0 aliphatic rings. The molecule has 0 aromatic carbocycles. The SMILES string of the molecule is COc1cc(NCc2nncn2C)nc(N)n1. The molecular formula is C9H13N7O. The van der Waals surface area contributed by atoms with Crippen LogP contribution in [-0.4, -0.2) is 31.8 Å². The summed E-state index contributed by atoms with van der Waals surface area (Å²) < 4.78 is 6.81. The van der Waals surface area contributed by atoms with Gasteiger partial charge < -0.3 is 20.4 Å². The van der Waals surface area contributed by atoms with Crippen molar-refractivity contribution in [2.45, 2.75) is 6.54 Å². The number of rotatable bonds is 4. The zero-order chi connectivity index (χ0) is 12.3. The van der Waals surface area contributed by atoms with Crippen LogP contribution in [0.4, 0.5) is 11.8 Å². The zero-order valence-electron chi connectivity index (χ0n) is 9.58. The minimum absolute atomic E-state index is 0.157. The maximum atomic E-state index is 5.54. The van der Waals surface area contributed by atoms with E-state index >= 15 is 0 Å². The normalized spacial score (nSPS) is 10.2. The van der Waals surface area contributed by atoms with Crippen molar-refractivity contribution in [2.75, 3.05) is 18.2 Å². The van der Waals surface area contributed by atoms with E-state index in [0.717, 1.165) is 5.82 Å². The van der Waals surface area contributed by atoms with Crippen LogP contribution < -0.4 is 15.8 Å². The number of aromatic nitrogens is 5. The maximum Gasteiger partial charge on any atom is 0.225 e. The molecule has 0 spiro atoms. The molecule has 17 heavy (non-hydrogen) atoms. The van der Waals surface area contributed by atoms with Crippen molar-refractivity contribution >= 4 is 11.8 Å². The van der Waals surface area contributed by atoms with E-state index < -0.39 is 0 Å². The highest BCUT2D eigenvalue weighted by Crippen LogP contribution is 2.14. The summed E-state index contributed by atoms with van der Waals surface area (Å²) in [5.41, 5.74) is 5.54. The lowest BCUT2D eigenvalue weighted by molar-refractivity contribution is 0.398. The fourth-order valence-electron chi connectivity index (χ4n) is 1.27. The largest absolute Gasteiger partial charge is 0.481 e. The Kier molecular flexibility index (Phi) is 3.03. The van der Waals surface area contributed by atoms with E-state index in [2.05, 4.69) is 25.5 Å². The second-order valence-corrected chi connectivity index (χ2v) is 3.37. The third-order valence-electron chi connectivity index (χ3n) is 2.16. The molecule has 0 fully saturated rings. The molecule has 2 aromatic heterocycles. The zero-order valence-corrected chi connectivity index (χ0v) is 9.58. The van der Waals surface area contributed by atoms with Gasteiger partial charge in [0, 0.05) is 13.1 Å². The van der Waals surface area contributed by atoms with Crippen LogP contribution in [-0.2, 0) is 13.6 Å². The van der Waals surface area contributed by atoms with E-state index in [-0.39, 0.29) is 5.95 Å². The molecule has 2 rings (SSSR count). The van der Waals surface area contributed by atoms with E-state index in [1.165, 1.54) is 7.11 Å². The van der Waals surface area contributed by atoms with Gasteiger partial charge in [-0.25, -0.2) is 0 Å². The molecule has 0 saturated heterocycles. The number of nitrogens with two attached hydrogens (primary N) is 1. The van der Waals surface area contributed by atoms with Crippen LogP contribution in [0.1, 0.15) is 5.82 Å². The lowest BCUT2D eigenvalue weighted by Crippen LogP contribution is -2.08. The van der Waals surface area contributed by atoms with Crippen LogP contribution in [0.3, 0.4) is 0 Å². The molecule has 0 radical (unpaired) electrons. The highest BCUT2D eigenvalue weighted by molar-refractivity contribution is 5.42. The topological polar surface area (TPSA) is 104 Å². The van der Waals surface area contributed by atoms with Gasteiger partial charge in [0.1, 0.15) is 12.1 Å². The van der Waals surface area contributed by atoms with Crippen molar-refractivity contribution < 1.29 is 4.74 Å². The molecule has 90 valence electrons. The van der Waals surface area contributed by atoms with Gasteiger partial charge in [-0.15, -0.1) is 10.2 Å². The fraction of sp³-hybridized carbons (Fsp3) is 0.333. The van der Waals surface area contributed by atoms with E-state index in [4.69, 9.17) is 10.5 Å². The Bertz CT molecular complexity index is 510. The Hall–Kier alpha value is -2.38. The Morgan fingerprint density at radius 1 is 1.47 bits per heavy atom. The third kappa shape index (κ3) is 2.60. The smallest absolute Gasteiger partial charge is 0.225 e. The number of nitrogens with one attached hydrogen (secondary N) is 1. The van der Waals surface area contributed by atoms with E-state index in [0.29, 0.717) is 18.2 Å². The summed E-state index contributed by atoms with van der Waals surface area (Å²) in [5, 5.41) is 10.8. The Balaban J connectivity index is 2.09. The van der Waals surface area contributed by atoms with Gasteiger partial charge in [-0.1, -0.05) is 0 Å². The second kappa shape index (κ2) is 4.64. The third-order valence-corrected chi connectivity index (χ3v) is 2.16. The quantitative estimate of drug-likeness (QED) is 0.756.